The van der Waals surface area contributed by atoms with Crippen molar-refractivity contribution in [3.05, 3.63) is 53.9 Å². The average molecular weight is 258 g/mol. The number of hydrogen-bond acceptors (Lipinski definition) is 4. The molecule has 0 saturated heterocycles. The molecule has 19 heavy (non-hydrogen) atoms. The summed E-state index contributed by atoms with van der Waals surface area (Å²) in [5, 5.41) is 0. The molecule has 1 aromatic carbocycles. The van der Waals surface area contributed by atoms with E-state index in [1.165, 1.54) is 0 Å². The maximum atomic E-state index is 6.46. The zero-order chi connectivity index (χ0) is 13.9. The van der Waals surface area contributed by atoms with Gasteiger partial charge in [-0.15, -0.1) is 0 Å². The summed E-state index contributed by atoms with van der Waals surface area (Å²) < 4.78 is 10.6. The Morgan fingerprint density at radius 3 is 2.58 bits per heavy atom. The lowest BCUT2D eigenvalue weighted by Gasteiger charge is -2.26. The van der Waals surface area contributed by atoms with Crippen LogP contribution >= 0.6 is 0 Å². The molecule has 2 aromatic rings. The van der Waals surface area contributed by atoms with Crippen molar-refractivity contribution in [2.45, 2.75) is 12.5 Å². The van der Waals surface area contributed by atoms with Crippen LogP contribution in [0.4, 0.5) is 0 Å². The molecule has 1 heterocycles. The molecule has 0 aliphatic carbocycles. The quantitative estimate of drug-likeness (QED) is 0.914. The predicted octanol–water partition coefficient (Wildman–Crippen LogP) is 2.32. The second-order valence-corrected chi connectivity index (χ2v) is 4.49. The van der Waals surface area contributed by atoms with Crippen LogP contribution < -0.4 is 15.2 Å². The highest BCUT2D eigenvalue weighted by Crippen LogP contribution is 2.32. The third kappa shape index (κ3) is 2.53. The Morgan fingerprint density at radius 1 is 1.11 bits per heavy atom. The molecule has 0 bridgehead atoms. The van der Waals surface area contributed by atoms with Crippen molar-refractivity contribution in [1.29, 1.82) is 0 Å². The number of aromatic nitrogens is 1. The van der Waals surface area contributed by atoms with Crippen LogP contribution in [0.2, 0.25) is 0 Å². The van der Waals surface area contributed by atoms with Crippen LogP contribution in [0.15, 0.2) is 42.6 Å². The highest BCUT2D eigenvalue weighted by molar-refractivity contribution is 5.43. The molecule has 0 aliphatic heterocycles. The van der Waals surface area contributed by atoms with E-state index in [0.717, 1.165) is 11.3 Å². The SMILES string of the molecule is COc1cccc(C(C)(N)c2ncccc2OC)c1. The molecule has 1 aromatic heterocycles. The fourth-order valence-electron chi connectivity index (χ4n) is 2.03. The fraction of sp³-hybridized carbons (Fsp3) is 0.267. The van der Waals surface area contributed by atoms with Gasteiger partial charge in [0.25, 0.3) is 0 Å². The van der Waals surface area contributed by atoms with E-state index in [2.05, 4.69) is 4.98 Å². The highest BCUT2D eigenvalue weighted by Gasteiger charge is 2.29. The minimum Gasteiger partial charge on any atom is -0.497 e. The molecule has 1 unspecified atom stereocenters. The number of pyridine rings is 1. The highest BCUT2D eigenvalue weighted by atomic mass is 16.5. The smallest absolute Gasteiger partial charge is 0.142 e. The molecule has 0 spiro atoms. The standard InChI is InChI=1S/C15H18N2O2/c1-15(16,11-6-4-7-12(10-11)18-2)14-13(19-3)8-5-9-17-14/h4-10H,16H2,1-3H3. The molecular formula is C15H18N2O2. The van der Waals surface area contributed by atoms with E-state index >= 15 is 0 Å². The molecule has 0 saturated carbocycles. The van der Waals surface area contributed by atoms with E-state index in [9.17, 15) is 0 Å². The number of hydrogen-bond donors (Lipinski definition) is 1. The van der Waals surface area contributed by atoms with Crippen LogP contribution in [-0.4, -0.2) is 19.2 Å². The zero-order valence-corrected chi connectivity index (χ0v) is 11.4. The van der Waals surface area contributed by atoms with Crippen LogP contribution in [0.25, 0.3) is 0 Å². The van der Waals surface area contributed by atoms with Gasteiger partial charge in [-0.3, -0.25) is 4.98 Å². The molecule has 0 amide bonds. The van der Waals surface area contributed by atoms with E-state index in [1.807, 2.05) is 43.3 Å². The number of benzene rings is 1. The van der Waals surface area contributed by atoms with E-state index in [-0.39, 0.29) is 0 Å². The number of methoxy groups -OCH3 is 2. The number of ether oxygens (including phenoxy) is 2. The molecule has 0 fully saturated rings. The number of rotatable bonds is 4. The second-order valence-electron chi connectivity index (χ2n) is 4.49. The van der Waals surface area contributed by atoms with E-state index in [1.54, 1.807) is 20.4 Å². The third-order valence-electron chi connectivity index (χ3n) is 3.15. The summed E-state index contributed by atoms with van der Waals surface area (Å²) in [6, 6.07) is 11.3. The third-order valence-corrected chi connectivity index (χ3v) is 3.15. The van der Waals surface area contributed by atoms with Gasteiger partial charge in [-0.2, -0.15) is 0 Å². The maximum absolute atomic E-state index is 6.46. The Hall–Kier alpha value is -2.07. The Balaban J connectivity index is 2.51. The van der Waals surface area contributed by atoms with Crippen LogP contribution in [0.5, 0.6) is 11.5 Å². The van der Waals surface area contributed by atoms with Gasteiger partial charge in [0.15, 0.2) is 0 Å². The van der Waals surface area contributed by atoms with Crippen molar-refractivity contribution in [1.82, 2.24) is 4.98 Å². The van der Waals surface area contributed by atoms with Gasteiger partial charge < -0.3 is 15.2 Å². The summed E-state index contributed by atoms with van der Waals surface area (Å²) in [7, 11) is 3.25. The van der Waals surface area contributed by atoms with E-state index < -0.39 is 5.54 Å². The first-order valence-corrected chi connectivity index (χ1v) is 6.02. The van der Waals surface area contributed by atoms with Gasteiger partial charge in [0.05, 0.1) is 19.8 Å². The minimum atomic E-state index is -0.749. The van der Waals surface area contributed by atoms with Crippen molar-refractivity contribution in [3.8, 4) is 11.5 Å². The summed E-state index contributed by atoms with van der Waals surface area (Å²) in [6.07, 6.45) is 1.71. The summed E-state index contributed by atoms with van der Waals surface area (Å²) in [5.41, 5.74) is 7.33. The largest absolute Gasteiger partial charge is 0.497 e. The molecule has 2 rings (SSSR count). The molecule has 4 nitrogen and oxygen atoms in total. The first kappa shape index (κ1) is 13.4. The molecule has 4 heteroatoms. The Kier molecular flexibility index (Phi) is 3.71. The lowest BCUT2D eigenvalue weighted by atomic mass is 9.88. The van der Waals surface area contributed by atoms with Crippen LogP contribution in [0.1, 0.15) is 18.2 Å². The topological polar surface area (TPSA) is 57.4 Å². The summed E-state index contributed by atoms with van der Waals surface area (Å²) in [4.78, 5) is 4.36. The van der Waals surface area contributed by atoms with Crippen molar-refractivity contribution < 1.29 is 9.47 Å². The summed E-state index contributed by atoms with van der Waals surface area (Å²) in [5.74, 6) is 1.44. The fourth-order valence-corrected chi connectivity index (χ4v) is 2.03. The molecule has 2 N–H and O–H groups in total. The summed E-state index contributed by atoms with van der Waals surface area (Å²) >= 11 is 0. The number of nitrogens with zero attached hydrogens (tertiary/aromatic N) is 1. The van der Waals surface area contributed by atoms with Crippen LogP contribution in [-0.2, 0) is 5.54 Å². The second kappa shape index (κ2) is 5.28. The molecule has 100 valence electrons. The molecule has 1 atom stereocenters. The average Bonchev–Trinajstić information content (AvgIpc) is 2.47. The first-order valence-electron chi connectivity index (χ1n) is 6.02. The van der Waals surface area contributed by atoms with Gasteiger partial charge >= 0.3 is 0 Å². The number of nitrogens with two attached hydrogens (primary N) is 1. The molecular weight excluding hydrogens is 240 g/mol. The molecule has 0 aliphatic rings. The first-order chi connectivity index (χ1) is 9.09. The predicted molar refractivity (Wildman–Crippen MR) is 74.4 cm³/mol. The van der Waals surface area contributed by atoms with Crippen LogP contribution in [0, 0.1) is 0 Å². The maximum Gasteiger partial charge on any atom is 0.142 e. The van der Waals surface area contributed by atoms with E-state index in [0.29, 0.717) is 11.4 Å². The lowest BCUT2D eigenvalue weighted by Crippen LogP contribution is -2.35. The molecule has 0 radical (unpaired) electrons. The monoisotopic (exact) mass is 258 g/mol. The van der Waals surface area contributed by atoms with Crippen molar-refractivity contribution >= 4 is 0 Å². The Labute approximate surface area is 113 Å². The summed E-state index contributed by atoms with van der Waals surface area (Å²) in [6.45, 7) is 1.91. The zero-order valence-electron chi connectivity index (χ0n) is 11.4. The van der Waals surface area contributed by atoms with E-state index in [4.69, 9.17) is 15.2 Å². The normalized spacial score (nSPS) is 13.7. The van der Waals surface area contributed by atoms with Gasteiger partial charge in [-0.05, 0) is 36.8 Å². The van der Waals surface area contributed by atoms with Gasteiger partial charge in [-0.25, -0.2) is 0 Å². The van der Waals surface area contributed by atoms with Crippen LogP contribution in [0.3, 0.4) is 0 Å². The Morgan fingerprint density at radius 2 is 1.89 bits per heavy atom. The lowest BCUT2D eigenvalue weighted by molar-refractivity contribution is 0.392. The van der Waals surface area contributed by atoms with Crippen molar-refractivity contribution in [2.75, 3.05) is 14.2 Å². The Bertz CT molecular complexity index is 568. The van der Waals surface area contributed by atoms with Gasteiger partial charge in [0.2, 0.25) is 0 Å². The van der Waals surface area contributed by atoms with Crippen molar-refractivity contribution in [3.63, 3.8) is 0 Å². The minimum absolute atomic E-state index is 0.676. The van der Waals surface area contributed by atoms with Crippen molar-refractivity contribution in [2.24, 2.45) is 5.73 Å². The van der Waals surface area contributed by atoms with Gasteiger partial charge in [-0.1, -0.05) is 12.1 Å². The van der Waals surface area contributed by atoms with Gasteiger partial charge in [0, 0.05) is 6.20 Å². The van der Waals surface area contributed by atoms with Gasteiger partial charge in [0.1, 0.15) is 17.2 Å².